The molecule has 0 atom stereocenters. The predicted molar refractivity (Wildman–Crippen MR) is 110 cm³/mol. The van der Waals surface area contributed by atoms with Crippen LogP contribution < -0.4 is 14.8 Å². The van der Waals surface area contributed by atoms with E-state index in [0.717, 1.165) is 16.6 Å². The fourth-order valence-corrected chi connectivity index (χ4v) is 3.34. The van der Waals surface area contributed by atoms with E-state index < -0.39 is 0 Å². The summed E-state index contributed by atoms with van der Waals surface area (Å²) in [5.74, 6) is 1.24. The molecule has 2 aromatic carbocycles. The zero-order valence-corrected chi connectivity index (χ0v) is 16.3. The Kier molecular flexibility index (Phi) is 5.24. The maximum Gasteiger partial charge on any atom is 0.268 e. The van der Waals surface area contributed by atoms with Crippen molar-refractivity contribution in [1.82, 2.24) is 9.88 Å². The fourth-order valence-electron chi connectivity index (χ4n) is 3.34. The van der Waals surface area contributed by atoms with Gasteiger partial charge in [-0.1, -0.05) is 30.3 Å². The van der Waals surface area contributed by atoms with Crippen molar-refractivity contribution < 1.29 is 18.7 Å². The molecule has 148 valence electrons. The molecule has 0 aliphatic rings. The van der Waals surface area contributed by atoms with Gasteiger partial charge in [0.2, 0.25) is 0 Å². The standard InChI is InChI=1S/C23H22N2O4/c1-27-18-10-17(11-19(12-18)28-2)15-25-20-8-9-29-22(20)13-21(25)23(26)24-14-16-6-4-3-5-7-16/h3-13H,14-15H2,1-2H3,(H,24,26). The minimum Gasteiger partial charge on any atom is -0.497 e. The van der Waals surface area contributed by atoms with Crippen LogP contribution in [-0.4, -0.2) is 24.7 Å². The van der Waals surface area contributed by atoms with Crippen LogP contribution in [0.5, 0.6) is 11.5 Å². The molecule has 29 heavy (non-hydrogen) atoms. The van der Waals surface area contributed by atoms with Gasteiger partial charge >= 0.3 is 0 Å². The molecule has 2 aromatic heterocycles. The average Bonchev–Trinajstić information content (AvgIpc) is 3.35. The van der Waals surface area contributed by atoms with Crippen LogP contribution in [-0.2, 0) is 13.1 Å². The van der Waals surface area contributed by atoms with Crippen LogP contribution in [0.2, 0.25) is 0 Å². The lowest BCUT2D eigenvalue weighted by molar-refractivity contribution is 0.0942. The van der Waals surface area contributed by atoms with Gasteiger partial charge in [-0.3, -0.25) is 4.79 Å². The average molecular weight is 390 g/mol. The molecule has 0 radical (unpaired) electrons. The Labute approximate surface area is 168 Å². The number of carbonyl (C=O) groups is 1. The van der Waals surface area contributed by atoms with E-state index >= 15 is 0 Å². The van der Waals surface area contributed by atoms with E-state index in [0.29, 0.717) is 35.9 Å². The third-order valence-corrected chi connectivity index (χ3v) is 4.80. The molecule has 1 N–H and O–H groups in total. The highest BCUT2D eigenvalue weighted by Gasteiger charge is 2.18. The van der Waals surface area contributed by atoms with Gasteiger partial charge in [-0.25, -0.2) is 0 Å². The molecular weight excluding hydrogens is 368 g/mol. The Morgan fingerprint density at radius 3 is 2.38 bits per heavy atom. The molecule has 0 bridgehead atoms. The van der Waals surface area contributed by atoms with Crippen molar-refractivity contribution in [2.24, 2.45) is 0 Å². The Morgan fingerprint density at radius 2 is 1.69 bits per heavy atom. The normalized spacial score (nSPS) is 10.8. The van der Waals surface area contributed by atoms with E-state index in [1.807, 2.05) is 59.2 Å². The summed E-state index contributed by atoms with van der Waals surface area (Å²) in [6, 6.07) is 19.1. The van der Waals surface area contributed by atoms with E-state index in [-0.39, 0.29) is 5.91 Å². The Hall–Kier alpha value is -3.67. The van der Waals surface area contributed by atoms with Crippen LogP contribution in [0.1, 0.15) is 21.6 Å². The first-order chi connectivity index (χ1) is 14.2. The lowest BCUT2D eigenvalue weighted by atomic mass is 10.2. The summed E-state index contributed by atoms with van der Waals surface area (Å²) in [7, 11) is 3.23. The lowest BCUT2D eigenvalue weighted by Crippen LogP contribution is -2.25. The van der Waals surface area contributed by atoms with Gasteiger partial charge < -0.3 is 23.8 Å². The molecule has 0 saturated heterocycles. The Balaban J connectivity index is 1.64. The van der Waals surface area contributed by atoms with Crippen LogP contribution in [0.25, 0.3) is 11.1 Å². The van der Waals surface area contributed by atoms with Gasteiger partial charge in [-0.15, -0.1) is 0 Å². The molecular formula is C23H22N2O4. The predicted octanol–water partition coefficient (Wildman–Crippen LogP) is 4.23. The van der Waals surface area contributed by atoms with Gasteiger partial charge in [0.25, 0.3) is 5.91 Å². The zero-order valence-electron chi connectivity index (χ0n) is 16.3. The molecule has 0 aliphatic heterocycles. The SMILES string of the molecule is COc1cc(Cn2c(C(=O)NCc3ccccc3)cc3occc32)cc(OC)c1. The van der Waals surface area contributed by atoms with Crippen LogP contribution in [0.3, 0.4) is 0 Å². The van der Waals surface area contributed by atoms with Gasteiger partial charge in [-0.2, -0.15) is 0 Å². The van der Waals surface area contributed by atoms with Gasteiger partial charge in [0, 0.05) is 31.3 Å². The van der Waals surface area contributed by atoms with E-state index in [1.165, 1.54) is 0 Å². The second-order valence-corrected chi connectivity index (χ2v) is 6.68. The highest BCUT2D eigenvalue weighted by molar-refractivity contribution is 5.97. The molecule has 0 unspecified atom stereocenters. The number of nitrogens with one attached hydrogen (secondary N) is 1. The third-order valence-electron chi connectivity index (χ3n) is 4.80. The van der Waals surface area contributed by atoms with Gasteiger partial charge in [0.05, 0.1) is 26.0 Å². The van der Waals surface area contributed by atoms with E-state index in [2.05, 4.69) is 5.32 Å². The second kappa shape index (κ2) is 8.14. The number of nitrogens with zero attached hydrogens (tertiary/aromatic N) is 1. The number of hydrogen-bond donors (Lipinski definition) is 1. The first-order valence-corrected chi connectivity index (χ1v) is 9.28. The molecule has 4 rings (SSSR count). The van der Waals surface area contributed by atoms with Crippen LogP contribution in [0, 0.1) is 0 Å². The highest BCUT2D eigenvalue weighted by atomic mass is 16.5. The smallest absolute Gasteiger partial charge is 0.268 e. The number of amides is 1. The maximum absolute atomic E-state index is 12.9. The van der Waals surface area contributed by atoms with Crippen LogP contribution >= 0.6 is 0 Å². The van der Waals surface area contributed by atoms with Gasteiger partial charge in [0.15, 0.2) is 5.58 Å². The van der Waals surface area contributed by atoms with Crippen molar-refractivity contribution >= 4 is 17.0 Å². The number of methoxy groups -OCH3 is 2. The maximum atomic E-state index is 12.9. The fraction of sp³-hybridized carbons (Fsp3) is 0.174. The Morgan fingerprint density at radius 1 is 0.966 bits per heavy atom. The molecule has 4 aromatic rings. The molecule has 0 aliphatic carbocycles. The van der Waals surface area contributed by atoms with Crippen molar-refractivity contribution in [2.75, 3.05) is 14.2 Å². The van der Waals surface area contributed by atoms with E-state index in [9.17, 15) is 4.79 Å². The van der Waals surface area contributed by atoms with Crippen LogP contribution in [0.4, 0.5) is 0 Å². The second-order valence-electron chi connectivity index (χ2n) is 6.68. The summed E-state index contributed by atoms with van der Waals surface area (Å²) < 4.78 is 18.2. The lowest BCUT2D eigenvalue weighted by Gasteiger charge is -2.13. The van der Waals surface area contributed by atoms with Crippen molar-refractivity contribution in [1.29, 1.82) is 0 Å². The van der Waals surface area contributed by atoms with Crippen molar-refractivity contribution in [3.05, 3.63) is 83.7 Å². The van der Waals surface area contributed by atoms with Crippen molar-refractivity contribution in [2.45, 2.75) is 13.1 Å². The molecule has 2 heterocycles. The summed E-state index contributed by atoms with van der Waals surface area (Å²) in [6.45, 7) is 0.934. The minimum absolute atomic E-state index is 0.157. The van der Waals surface area contributed by atoms with Crippen molar-refractivity contribution in [3.63, 3.8) is 0 Å². The zero-order chi connectivity index (χ0) is 20.2. The summed E-state index contributed by atoms with van der Waals surface area (Å²) >= 11 is 0. The first-order valence-electron chi connectivity index (χ1n) is 9.28. The largest absolute Gasteiger partial charge is 0.497 e. The summed E-state index contributed by atoms with van der Waals surface area (Å²) in [4.78, 5) is 12.9. The third kappa shape index (κ3) is 3.96. The van der Waals surface area contributed by atoms with Gasteiger partial charge in [-0.05, 0) is 23.3 Å². The number of benzene rings is 2. The summed E-state index contributed by atoms with van der Waals surface area (Å²) in [6.07, 6.45) is 1.62. The number of furan rings is 1. The number of ether oxygens (including phenoxy) is 2. The number of rotatable bonds is 7. The van der Waals surface area contributed by atoms with E-state index in [1.54, 1.807) is 26.5 Å². The number of aromatic nitrogens is 1. The number of carbonyl (C=O) groups excluding carboxylic acids is 1. The summed E-state index contributed by atoms with van der Waals surface area (Å²) in [5.41, 5.74) is 4.07. The minimum atomic E-state index is -0.157. The topological polar surface area (TPSA) is 65.6 Å². The number of fused-ring (bicyclic) bond motifs is 1. The summed E-state index contributed by atoms with van der Waals surface area (Å²) in [5, 5.41) is 2.99. The van der Waals surface area contributed by atoms with Crippen LogP contribution in [0.15, 0.2) is 71.3 Å². The molecule has 0 saturated carbocycles. The molecule has 0 fully saturated rings. The van der Waals surface area contributed by atoms with Gasteiger partial charge in [0.1, 0.15) is 17.2 Å². The quantitative estimate of drug-likeness (QED) is 0.513. The first kappa shape index (κ1) is 18.7. The Bertz CT molecular complexity index is 1110. The molecule has 6 heteroatoms. The number of hydrogen-bond acceptors (Lipinski definition) is 4. The van der Waals surface area contributed by atoms with Crippen molar-refractivity contribution in [3.8, 4) is 11.5 Å². The monoisotopic (exact) mass is 390 g/mol. The molecule has 1 amide bonds. The molecule has 6 nitrogen and oxygen atoms in total. The molecule has 0 spiro atoms. The highest BCUT2D eigenvalue weighted by Crippen LogP contribution is 2.26. The van der Waals surface area contributed by atoms with E-state index in [4.69, 9.17) is 13.9 Å².